The molecule has 0 aliphatic rings. The second-order valence-electron chi connectivity index (χ2n) is 0. The van der Waals surface area contributed by atoms with Crippen LogP contribution in [0.3, 0.4) is 0 Å². The number of hydrogen-bond acceptors (Lipinski definition) is 0. The molecule has 0 saturated heterocycles. The summed E-state index contributed by atoms with van der Waals surface area (Å²) in [6, 6.07) is 0. The first kappa shape index (κ1) is 43.5. The molecule has 4 heteroatoms. The molecule has 0 radical (unpaired) electrons. The molecule has 0 unspecified atom stereocenters. The van der Waals surface area contributed by atoms with E-state index in [1.165, 1.54) is 0 Å². The predicted octanol–water partition coefficient (Wildman–Crippen LogP) is 0.415. The van der Waals surface area contributed by atoms with Crippen LogP contribution < -0.4 is 0 Å². The third-order valence-corrected chi connectivity index (χ3v) is 0. The van der Waals surface area contributed by atoms with Crippen molar-refractivity contribution in [2.24, 2.45) is 0 Å². The number of halogens is 1. The third kappa shape index (κ3) is 9.33. The molecule has 0 aromatic carbocycles. The van der Waals surface area contributed by atoms with Gasteiger partial charge in [-0.05, 0) is 0 Å². The second-order valence-corrected chi connectivity index (χ2v) is 0. The van der Waals surface area contributed by atoms with Gasteiger partial charge >= 0.3 is 21.7 Å². The van der Waals surface area contributed by atoms with Gasteiger partial charge < -0.3 is 27.0 Å². The summed E-state index contributed by atoms with van der Waals surface area (Å²) in [5.41, 5.74) is 0. The molecule has 4 heavy (non-hydrogen) atoms. The zero-order valence-corrected chi connectivity index (χ0v) is 5.74. The van der Waals surface area contributed by atoms with Crippen LogP contribution in [0.4, 0.5) is 0 Å². The minimum atomic E-state index is 0. The van der Waals surface area contributed by atoms with Crippen LogP contribution in [-0.4, -0.2) is 0 Å². The van der Waals surface area contributed by atoms with Gasteiger partial charge in [0, 0.05) is 0 Å². The summed E-state index contributed by atoms with van der Waals surface area (Å²) in [5, 5.41) is 0. The molecule has 0 fully saturated rings. The molecular formula is HClS2Ti. The zero-order valence-electron chi connectivity index (χ0n) is 1.72. The van der Waals surface area contributed by atoms with Crippen LogP contribution in [0.1, 0.15) is 0 Å². The Morgan fingerprint density at radius 1 is 0.750 bits per heavy atom. The Morgan fingerprint density at radius 3 is 0.750 bits per heavy atom. The van der Waals surface area contributed by atoms with E-state index in [1.54, 1.807) is 0 Å². The molecule has 0 aliphatic carbocycles. The molecular weight excluding hydrogens is 147 g/mol. The summed E-state index contributed by atoms with van der Waals surface area (Å²) in [6.45, 7) is 0. The topological polar surface area (TPSA) is 0 Å². The maximum absolute atomic E-state index is 0. The molecule has 0 amide bonds. The molecule has 0 bridgehead atoms. The van der Waals surface area contributed by atoms with E-state index < -0.39 is 0 Å². The van der Waals surface area contributed by atoms with Gasteiger partial charge in [-0.1, -0.05) is 0 Å². The molecule has 0 rings (SSSR count). The smallest absolute Gasteiger partial charge is 2.00 e. The van der Waals surface area contributed by atoms with Crippen molar-refractivity contribution in [2.75, 3.05) is 0 Å². The van der Waals surface area contributed by atoms with Crippen LogP contribution in [0, 0.1) is 0 Å². The average Bonchev–Trinajstić information content (AvgIpc) is 0. The Hall–Kier alpha value is 1.70. The Balaban J connectivity index is 0. The summed E-state index contributed by atoms with van der Waals surface area (Å²) in [6.07, 6.45) is 0. The molecule has 0 saturated carbocycles. The van der Waals surface area contributed by atoms with Crippen LogP contribution in [0.25, 0.3) is 0 Å². The quantitative estimate of drug-likeness (QED) is 0.437. The van der Waals surface area contributed by atoms with Crippen molar-refractivity contribution >= 4 is 39.4 Å². The van der Waals surface area contributed by atoms with E-state index in [1.807, 2.05) is 0 Å². The zero-order chi connectivity index (χ0) is 0. The summed E-state index contributed by atoms with van der Waals surface area (Å²) in [5.74, 6) is 0. The van der Waals surface area contributed by atoms with Crippen molar-refractivity contribution in [3.8, 4) is 0 Å². The minimum absolute atomic E-state index is 0. The molecule has 0 spiro atoms. The summed E-state index contributed by atoms with van der Waals surface area (Å²) < 4.78 is 0. The van der Waals surface area contributed by atoms with Gasteiger partial charge in [-0.25, -0.2) is 0 Å². The molecule has 0 aliphatic heterocycles. The second kappa shape index (κ2) is 22.2. The van der Waals surface area contributed by atoms with E-state index in [2.05, 4.69) is 0 Å². The largest absolute Gasteiger partial charge is 4.00 e. The van der Waals surface area contributed by atoms with Gasteiger partial charge in [0.1, 0.15) is 0 Å². The van der Waals surface area contributed by atoms with E-state index in [-0.39, 0.29) is 61.1 Å². The number of hydrogen-bond donors (Lipinski definition) is 0. The van der Waals surface area contributed by atoms with E-state index in [0.29, 0.717) is 0 Å². The molecule has 0 atom stereocenters. The van der Waals surface area contributed by atoms with Gasteiger partial charge in [-0.15, -0.1) is 12.4 Å². The normalized spacial score (nSPS) is 0. The van der Waals surface area contributed by atoms with Crippen molar-refractivity contribution in [3.05, 3.63) is 0 Å². The van der Waals surface area contributed by atoms with Crippen molar-refractivity contribution in [1.82, 2.24) is 0 Å². The van der Waals surface area contributed by atoms with Crippen LogP contribution in [0.15, 0.2) is 0 Å². The van der Waals surface area contributed by atoms with Crippen molar-refractivity contribution in [2.45, 2.75) is 0 Å². The molecule has 0 nitrogen and oxygen atoms in total. The van der Waals surface area contributed by atoms with Gasteiger partial charge in [0.25, 0.3) is 0 Å². The van der Waals surface area contributed by atoms with Crippen molar-refractivity contribution < 1.29 is 21.7 Å². The predicted molar refractivity (Wildman–Crippen MR) is 22.0 cm³/mol. The van der Waals surface area contributed by atoms with Crippen LogP contribution in [0.5, 0.6) is 0 Å². The fourth-order valence-electron chi connectivity index (χ4n) is 0. The summed E-state index contributed by atoms with van der Waals surface area (Å²) in [7, 11) is 0. The van der Waals surface area contributed by atoms with E-state index >= 15 is 0 Å². The van der Waals surface area contributed by atoms with Gasteiger partial charge in [0.05, 0.1) is 0 Å². The fraction of sp³-hybridized carbons (Fsp3) is 0. The van der Waals surface area contributed by atoms with Gasteiger partial charge in [0.15, 0.2) is 0 Å². The molecule has 0 aromatic rings. The first-order chi connectivity index (χ1) is 0. The van der Waals surface area contributed by atoms with Crippen LogP contribution in [0.2, 0.25) is 0 Å². The standard InChI is InChI=1S/ClH.2S.Ti/h1H;;;/q;2*-2;+4. The van der Waals surface area contributed by atoms with Crippen LogP contribution >= 0.6 is 12.4 Å². The average molecular weight is 148 g/mol. The SMILES string of the molecule is Cl.[S-2].[S-2].[Ti+4]. The van der Waals surface area contributed by atoms with Crippen molar-refractivity contribution in [3.63, 3.8) is 0 Å². The monoisotopic (exact) mass is 148 g/mol. The van der Waals surface area contributed by atoms with E-state index in [9.17, 15) is 0 Å². The Labute approximate surface area is 60.9 Å². The van der Waals surface area contributed by atoms with Gasteiger partial charge in [-0.3, -0.25) is 0 Å². The first-order valence-electron chi connectivity index (χ1n) is 0. The van der Waals surface area contributed by atoms with E-state index in [4.69, 9.17) is 0 Å². The molecule has 24 valence electrons. The molecule has 0 N–H and O–H groups in total. The summed E-state index contributed by atoms with van der Waals surface area (Å²) >= 11 is 0. The maximum atomic E-state index is 0. The third-order valence-electron chi connectivity index (χ3n) is 0. The summed E-state index contributed by atoms with van der Waals surface area (Å²) in [4.78, 5) is 0. The molecule has 0 heterocycles. The Bertz CT molecular complexity index is 6.00. The maximum Gasteiger partial charge on any atom is 4.00 e. The van der Waals surface area contributed by atoms with Crippen molar-refractivity contribution in [1.29, 1.82) is 0 Å². The number of rotatable bonds is 0. The van der Waals surface area contributed by atoms with Crippen LogP contribution in [-0.2, 0) is 48.7 Å². The molecule has 0 aromatic heterocycles. The minimum Gasteiger partial charge on any atom is -2.00 e. The fourth-order valence-corrected chi connectivity index (χ4v) is 0. The first-order valence-corrected chi connectivity index (χ1v) is 0. The van der Waals surface area contributed by atoms with Gasteiger partial charge in [0.2, 0.25) is 0 Å². The van der Waals surface area contributed by atoms with Gasteiger partial charge in [-0.2, -0.15) is 0 Å². The Kier molecular flexibility index (Phi) is 241. The Morgan fingerprint density at radius 2 is 0.750 bits per heavy atom. The van der Waals surface area contributed by atoms with E-state index in [0.717, 1.165) is 0 Å².